The highest BCUT2D eigenvalue weighted by Gasteiger charge is 2.47. The second-order valence-corrected chi connectivity index (χ2v) is 8.59. The molecular weight excluding hydrogens is 413 g/mol. The quantitative estimate of drug-likeness (QED) is 0.446. The Balaban J connectivity index is 1.48. The molecule has 3 N–H and O–H groups in total. The van der Waals surface area contributed by atoms with Gasteiger partial charge in [0, 0.05) is 35.6 Å². The largest absolute Gasteiger partial charge is 0.481 e. The monoisotopic (exact) mass is 433 g/mol. The number of nitrogens with zero attached hydrogens (tertiary/aromatic N) is 5. The first kappa shape index (κ1) is 19.0. The van der Waals surface area contributed by atoms with Gasteiger partial charge >= 0.3 is 5.97 Å². The fraction of sp³-hybridized carbons (Fsp3) is 0.364. The molecule has 4 aromatic rings. The molecule has 4 aromatic heterocycles. The van der Waals surface area contributed by atoms with Crippen LogP contribution in [0.25, 0.3) is 33.6 Å². The van der Waals surface area contributed by atoms with Crippen LogP contribution in [0.4, 0.5) is 10.2 Å². The summed E-state index contributed by atoms with van der Waals surface area (Å²) in [5.41, 5.74) is 1.97. The number of pyridine rings is 1. The van der Waals surface area contributed by atoms with Gasteiger partial charge in [0.05, 0.1) is 12.1 Å². The number of aromatic amines is 1. The van der Waals surface area contributed by atoms with Crippen molar-refractivity contribution in [3.63, 3.8) is 0 Å². The zero-order valence-electron chi connectivity index (χ0n) is 17.0. The number of nitrogens with one attached hydrogen (secondary N) is 2. The minimum atomic E-state index is -0.778. The molecular formula is C22H20FN7O2. The molecule has 3 aliphatic rings. The van der Waals surface area contributed by atoms with Crippen LogP contribution in [0, 0.1) is 23.6 Å². The number of hydrogen-bond donors (Lipinski definition) is 3. The molecule has 0 amide bonds. The van der Waals surface area contributed by atoms with Crippen molar-refractivity contribution in [2.45, 2.75) is 31.7 Å². The Labute approximate surface area is 181 Å². The molecule has 2 atom stereocenters. The first-order valence-electron chi connectivity index (χ1n) is 10.7. The number of aliphatic carboxylic acids is 1. The maximum absolute atomic E-state index is 13.8. The van der Waals surface area contributed by atoms with E-state index in [1.807, 2.05) is 0 Å². The van der Waals surface area contributed by atoms with Gasteiger partial charge in [-0.05, 0) is 43.6 Å². The molecule has 0 spiro atoms. The molecule has 2 bridgehead atoms. The summed E-state index contributed by atoms with van der Waals surface area (Å²) in [5.74, 6) is -0.500. The first-order chi connectivity index (χ1) is 15.6. The molecule has 2 unspecified atom stereocenters. The number of H-pyrrole nitrogens is 1. The van der Waals surface area contributed by atoms with E-state index in [4.69, 9.17) is 4.98 Å². The van der Waals surface area contributed by atoms with Crippen LogP contribution in [0.1, 0.15) is 25.7 Å². The highest BCUT2D eigenvalue weighted by atomic mass is 19.1. The molecule has 9 nitrogen and oxygen atoms in total. The average Bonchev–Trinajstić information content (AvgIpc) is 3.22. The predicted molar refractivity (Wildman–Crippen MR) is 114 cm³/mol. The van der Waals surface area contributed by atoms with E-state index in [0.29, 0.717) is 39.4 Å². The molecule has 10 heteroatoms. The number of aromatic nitrogens is 6. The molecule has 4 heterocycles. The average molecular weight is 433 g/mol. The number of rotatable bonds is 4. The predicted octanol–water partition coefficient (Wildman–Crippen LogP) is 3.40. The number of carboxylic acid groups (broad SMARTS) is 1. The van der Waals surface area contributed by atoms with Crippen LogP contribution in [0.15, 0.2) is 30.9 Å². The summed E-state index contributed by atoms with van der Waals surface area (Å²) in [6.45, 7) is 0. The molecule has 32 heavy (non-hydrogen) atoms. The third kappa shape index (κ3) is 2.97. The number of anilines is 1. The summed E-state index contributed by atoms with van der Waals surface area (Å²) in [6.07, 6.45) is 9.83. The van der Waals surface area contributed by atoms with Crippen LogP contribution in [0.3, 0.4) is 0 Å². The van der Waals surface area contributed by atoms with Gasteiger partial charge in [-0.25, -0.2) is 29.3 Å². The number of fused-ring (bicyclic) bond motifs is 5. The summed E-state index contributed by atoms with van der Waals surface area (Å²) in [4.78, 5) is 37.2. The van der Waals surface area contributed by atoms with Crippen LogP contribution < -0.4 is 5.32 Å². The van der Waals surface area contributed by atoms with Crippen molar-refractivity contribution in [2.75, 3.05) is 5.32 Å². The van der Waals surface area contributed by atoms with Crippen LogP contribution in [-0.4, -0.2) is 47.0 Å². The van der Waals surface area contributed by atoms with Gasteiger partial charge in [0.1, 0.15) is 17.0 Å². The van der Waals surface area contributed by atoms with E-state index in [2.05, 4.69) is 30.2 Å². The normalized spacial score (nSPS) is 24.8. The van der Waals surface area contributed by atoms with E-state index in [1.54, 1.807) is 18.6 Å². The van der Waals surface area contributed by atoms with Crippen molar-refractivity contribution in [3.05, 3.63) is 36.7 Å². The minimum absolute atomic E-state index is 0.163. The molecule has 3 aliphatic carbocycles. The zero-order chi connectivity index (χ0) is 21.8. The summed E-state index contributed by atoms with van der Waals surface area (Å²) >= 11 is 0. The fourth-order valence-corrected chi connectivity index (χ4v) is 5.42. The van der Waals surface area contributed by atoms with Crippen molar-refractivity contribution in [1.29, 1.82) is 0 Å². The standard InChI is InChI=1S/C22H20FN7O2/c23-12-7-13-14(9-27-18(13)26-8-12)19-29-20-17(24-5-6-25-20)21(30-19)28-16-11-3-1-10(2-4-11)15(16)22(31)32/h5-11,15-16H,1-4H2,(H,26,27)(H,31,32)(H,25,28,29,30). The Kier molecular flexibility index (Phi) is 4.27. The van der Waals surface area contributed by atoms with Gasteiger partial charge in [-0.15, -0.1) is 0 Å². The topological polar surface area (TPSA) is 130 Å². The second kappa shape index (κ2) is 7.18. The van der Waals surface area contributed by atoms with Gasteiger partial charge < -0.3 is 15.4 Å². The molecule has 7 rings (SSSR count). The summed E-state index contributed by atoms with van der Waals surface area (Å²) in [6, 6.07) is 1.14. The SMILES string of the molecule is O=C(O)C1C2CCC(CC2)C1Nc1nc(-c2c[nH]c3ncc(F)cc23)nc2nccnc12. The summed E-state index contributed by atoms with van der Waals surface area (Å²) < 4.78 is 13.8. The summed E-state index contributed by atoms with van der Waals surface area (Å²) in [7, 11) is 0. The molecule has 0 aromatic carbocycles. The summed E-state index contributed by atoms with van der Waals surface area (Å²) in [5, 5.41) is 13.9. The molecule has 3 fully saturated rings. The maximum atomic E-state index is 13.8. The van der Waals surface area contributed by atoms with Crippen molar-refractivity contribution < 1.29 is 14.3 Å². The highest BCUT2D eigenvalue weighted by molar-refractivity contribution is 5.93. The van der Waals surface area contributed by atoms with E-state index in [9.17, 15) is 14.3 Å². The van der Waals surface area contributed by atoms with Crippen molar-refractivity contribution in [3.8, 4) is 11.4 Å². The lowest BCUT2D eigenvalue weighted by molar-refractivity contribution is -0.148. The van der Waals surface area contributed by atoms with Gasteiger partial charge in [0.15, 0.2) is 17.3 Å². The second-order valence-electron chi connectivity index (χ2n) is 8.59. The van der Waals surface area contributed by atoms with Crippen molar-refractivity contribution >= 4 is 34.0 Å². The lowest BCUT2D eigenvalue weighted by atomic mass is 9.61. The Hall–Kier alpha value is -3.69. The van der Waals surface area contributed by atoms with Gasteiger partial charge in [-0.2, -0.15) is 0 Å². The third-order valence-corrected chi connectivity index (χ3v) is 6.88. The number of carboxylic acids is 1. The maximum Gasteiger partial charge on any atom is 0.308 e. The van der Waals surface area contributed by atoms with Gasteiger partial charge in [-0.3, -0.25) is 4.79 Å². The van der Waals surface area contributed by atoms with E-state index >= 15 is 0 Å². The smallest absolute Gasteiger partial charge is 0.308 e. The van der Waals surface area contributed by atoms with Crippen LogP contribution in [0.5, 0.6) is 0 Å². The molecule has 0 aliphatic heterocycles. The molecule has 0 saturated heterocycles. The Morgan fingerprint density at radius 3 is 2.69 bits per heavy atom. The number of halogens is 1. The Bertz CT molecular complexity index is 1350. The van der Waals surface area contributed by atoms with Gasteiger partial charge in [0.2, 0.25) is 0 Å². The van der Waals surface area contributed by atoms with E-state index in [1.165, 1.54) is 6.07 Å². The third-order valence-electron chi connectivity index (χ3n) is 6.88. The van der Waals surface area contributed by atoms with E-state index < -0.39 is 17.7 Å². The van der Waals surface area contributed by atoms with Gasteiger partial charge in [-0.1, -0.05) is 0 Å². The molecule has 162 valence electrons. The first-order valence-corrected chi connectivity index (χ1v) is 10.7. The molecule has 0 radical (unpaired) electrons. The van der Waals surface area contributed by atoms with Crippen molar-refractivity contribution in [2.24, 2.45) is 17.8 Å². The highest BCUT2D eigenvalue weighted by Crippen LogP contribution is 2.46. The van der Waals surface area contributed by atoms with Gasteiger partial charge in [0.25, 0.3) is 0 Å². The lowest BCUT2D eigenvalue weighted by Crippen LogP contribution is -2.51. The molecule has 3 saturated carbocycles. The fourth-order valence-electron chi connectivity index (χ4n) is 5.42. The van der Waals surface area contributed by atoms with Crippen LogP contribution in [-0.2, 0) is 4.79 Å². The minimum Gasteiger partial charge on any atom is -0.481 e. The number of carbonyl (C=O) groups is 1. The van der Waals surface area contributed by atoms with Crippen LogP contribution >= 0.6 is 0 Å². The van der Waals surface area contributed by atoms with E-state index in [-0.39, 0.29) is 17.9 Å². The van der Waals surface area contributed by atoms with Crippen LogP contribution in [0.2, 0.25) is 0 Å². The Morgan fingerprint density at radius 1 is 1.09 bits per heavy atom. The number of hydrogen-bond acceptors (Lipinski definition) is 7. The van der Waals surface area contributed by atoms with E-state index in [0.717, 1.165) is 31.9 Å². The zero-order valence-corrected chi connectivity index (χ0v) is 17.0. The van der Waals surface area contributed by atoms with Crippen molar-refractivity contribution in [1.82, 2.24) is 29.9 Å². The lowest BCUT2D eigenvalue weighted by Gasteiger charge is -2.47. The Morgan fingerprint density at radius 2 is 1.88 bits per heavy atom.